The second-order valence-electron chi connectivity index (χ2n) is 3.63. The highest BCUT2D eigenvalue weighted by Crippen LogP contribution is 2.18. The van der Waals surface area contributed by atoms with Crippen molar-refractivity contribution in [2.24, 2.45) is 0 Å². The molecule has 2 rings (SSSR count). The first-order valence-electron chi connectivity index (χ1n) is 4.79. The molecule has 2 aromatic rings. The van der Waals surface area contributed by atoms with Gasteiger partial charge in [-0.2, -0.15) is 0 Å². The Morgan fingerprint density at radius 2 is 2.19 bits per heavy atom. The minimum absolute atomic E-state index is 0.389. The lowest BCUT2D eigenvalue weighted by molar-refractivity contribution is 0.546. The van der Waals surface area contributed by atoms with Crippen molar-refractivity contribution in [2.45, 2.75) is 5.33 Å². The van der Waals surface area contributed by atoms with E-state index in [4.69, 9.17) is 4.42 Å². The van der Waals surface area contributed by atoms with Gasteiger partial charge in [-0.1, -0.05) is 15.9 Å². The van der Waals surface area contributed by atoms with E-state index < -0.39 is 0 Å². The summed E-state index contributed by atoms with van der Waals surface area (Å²) >= 11 is 3.20. The van der Waals surface area contributed by atoms with Gasteiger partial charge in [0.1, 0.15) is 11.2 Å². The average Bonchev–Trinajstić information content (AvgIpc) is 2.27. The summed E-state index contributed by atoms with van der Waals surface area (Å²) in [6.07, 6.45) is 0. The number of hydrogen-bond donors (Lipinski definition) is 0. The van der Waals surface area contributed by atoms with E-state index in [2.05, 4.69) is 20.9 Å². The molecular formula is C11H11BrN2O2. The highest BCUT2D eigenvalue weighted by molar-refractivity contribution is 9.08. The van der Waals surface area contributed by atoms with Crippen molar-refractivity contribution in [3.05, 3.63) is 34.3 Å². The van der Waals surface area contributed by atoms with Crippen LogP contribution in [0.4, 0.5) is 5.69 Å². The third-order valence-electron chi connectivity index (χ3n) is 2.28. The van der Waals surface area contributed by atoms with Crippen LogP contribution in [0.1, 0.15) is 5.69 Å². The molecule has 0 unspecified atom stereocenters. The van der Waals surface area contributed by atoms with E-state index in [1.165, 1.54) is 0 Å². The molecule has 1 aromatic carbocycles. The molecule has 0 atom stereocenters. The van der Waals surface area contributed by atoms with Crippen molar-refractivity contribution in [3.63, 3.8) is 0 Å². The maximum absolute atomic E-state index is 11.5. The molecule has 1 heterocycles. The fourth-order valence-corrected chi connectivity index (χ4v) is 1.74. The van der Waals surface area contributed by atoms with Gasteiger partial charge in [0, 0.05) is 25.8 Å². The second-order valence-corrected chi connectivity index (χ2v) is 4.19. The Bertz CT molecular complexity index is 578. The van der Waals surface area contributed by atoms with Gasteiger partial charge in [0.05, 0.1) is 5.33 Å². The van der Waals surface area contributed by atoms with Crippen LogP contribution < -0.4 is 10.5 Å². The summed E-state index contributed by atoms with van der Waals surface area (Å²) in [5, 5.41) is 0.403. The lowest BCUT2D eigenvalue weighted by Crippen LogP contribution is -2.10. The topological polar surface area (TPSA) is 46.3 Å². The molecule has 0 aliphatic carbocycles. The highest BCUT2D eigenvalue weighted by atomic mass is 79.9. The number of halogens is 1. The minimum atomic E-state index is -0.389. The summed E-state index contributed by atoms with van der Waals surface area (Å²) in [5.74, 6) is 0. The predicted molar refractivity (Wildman–Crippen MR) is 67.2 cm³/mol. The van der Waals surface area contributed by atoms with Crippen molar-refractivity contribution in [2.75, 3.05) is 19.0 Å². The summed E-state index contributed by atoms with van der Waals surface area (Å²) in [5.41, 5.74) is 2.19. The number of anilines is 1. The van der Waals surface area contributed by atoms with Gasteiger partial charge in [0.2, 0.25) is 0 Å². The van der Waals surface area contributed by atoms with E-state index in [1.807, 2.05) is 37.2 Å². The van der Waals surface area contributed by atoms with Crippen molar-refractivity contribution in [3.8, 4) is 0 Å². The van der Waals surface area contributed by atoms with Crippen LogP contribution in [0.3, 0.4) is 0 Å². The quantitative estimate of drug-likeness (QED) is 0.792. The molecule has 5 heteroatoms. The van der Waals surface area contributed by atoms with Crippen LogP contribution in [0.2, 0.25) is 0 Å². The van der Waals surface area contributed by atoms with Crippen molar-refractivity contribution < 1.29 is 4.42 Å². The molecule has 0 spiro atoms. The van der Waals surface area contributed by atoms with Crippen LogP contribution in [-0.2, 0) is 5.33 Å². The van der Waals surface area contributed by atoms with Gasteiger partial charge in [0.25, 0.3) is 0 Å². The number of benzene rings is 1. The van der Waals surface area contributed by atoms with Crippen LogP contribution in [0.25, 0.3) is 11.1 Å². The Morgan fingerprint density at radius 1 is 1.44 bits per heavy atom. The summed E-state index contributed by atoms with van der Waals surface area (Å²) in [6, 6.07) is 5.59. The molecule has 0 amide bonds. The van der Waals surface area contributed by atoms with E-state index in [0.717, 1.165) is 5.69 Å². The zero-order valence-corrected chi connectivity index (χ0v) is 10.6. The first kappa shape index (κ1) is 11.1. The van der Waals surface area contributed by atoms with Crippen LogP contribution >= 0.6 is 15.9 Å². The molecule has 0 saturated carbocycles. The molecule has 4 nitrogen and oxygen atoms in total. The van der Waals surface area contributed by atoms with Crippen LogP contribution in [0.15, 0.2) is 27.4 Å². The molecule has 0 fully saturated rings. The summed E-state index contributed by atoms with van der Waals surface area (Å²) in [4.78, 5) is 17.6. The molecule has 0 saturated heterocycles. The number of aromatic nitrogens is 1. The lowest BCUT2D eigenvalue weighted by Gasteiger charge is -2.12. The molecule has 0 aliphatic heterocycles. The van der Waals surface area contributed by atoms with Crippen LogP contribution in [0, 0.1) is 0 Å². The SMILES string of the molecule is CN(C)c1ccc2nc(CBr)c(=O)oc2c1. The Kier molecular flexibility index (Phi) is 2.96. The first-order chi connectivity index (χ1) is 7.61. The molecule has 1 aromatic heterocycles. The van der Waals surface area contributed by atoms with Crippen molar-refractivity contribution in [1.29, 1.82) is 0 Å². The molecule has 0 radical (unpaired) electrons. The average molecular weight is 283 g/mol. The number of rotatable bonds is 2. The molecule has 16 heavy (non-hydrogen) atoms. The highest BCUT2D eigenvalue weighted by Gasteiger charge is 2.06. The Labute approximate surface area is 101 Å². The minimum Gasteiger partial charge on any atom is -0.420 e. The van der Waals surface area contributed by atoms with Crippen LogP contribution in [0.5, 0.6) is 0 Å². The van der Waals surface area contributed by atoms with Gasteiger partial charge in [-0.05, 0) is 12.1 Å². The van der Waals surface area contributed by atoms with Gasteiger partial charge in [-0.15, -0.1) is 0 Å². The Balaban J connectivity index is 2.67. The fourth-order valence-electron chi connectivity index (χ4n) is 1.39. The largest absolute Gasteiger partial charge is 0.420 e. The molecule has 0 bridgehead atoms. The number of alkyl halides is 1. The van der Waals surface area contributed by atoms with E-state index in [1.54, 1.807) is 0 Å². The smallest absolute Gasteiger partial charge is 0.359 e. The van der Waals surface area contributed by atoms with Crippen molar-refractivity contribution in [1.82, 2.24) is 4.98 Å². The fraction of sp³-hybridized carbons (Fsp3) is 0.273. The van der Waals surface area contributed by atoms with Gasteiger partial charge < -0.3 is 9.32 Å². The maximum Gasteiger partial charge on any atom is 0.359 e. The summed E-state index contributed by atoms with van der Waals surface area (Å²) in [6.45, 7) is 0. The van der Waals surface area contributed by atoms with Gasteiger partial charge in [0.15, 0.2) is 5.58 Å². The summed E-state index contributed by atoms with van der Waals surface area (Å²) in [7, 11) is 3.86. The molecule has 0 aliphatic rings. The van der Waals surface area contributed by atoms with Gasteiger partial charge >= 0.3 is 5.63 Å². The van der Waals surface area contributed by atoms with E-state index in [9.17, 15) is 4.79 Å². The van der Waals surface area contributed by atoms with E-state index in [-0.39, 0.29) is 5.63 Å². The Hall–Kier alpha value is -1.36. The van der Waals surface area contributed by atoms with Gasteiger partial charge in [-0.25, -0.2) is 9.78 Å². The maximum atomic E-state index is 11.5. The summed E-state index contributed by atoms with van der Waals surface area (Å²) < 4.78 is 5.20. The zero-order chi connectivity index (χ0) is 11.7. The third kappa shape index (κ3) is 1.95. The Morgan fingerprint density at radius 3 is 2.81 bits per heavy atom. The number of hydrogen-bond acceptors (Lipinski definition) is 4. The monoisotopic (exact) mass is 282 g/mol. The normalized spacial score (nSPS) is 10.7. The molecule has 0 N–H and O–H groups in total. The molecule has 84 valence electrons. The number of fused-ring (bicyclic) bond motifs is 1. The first-order valence-corrected chi connectivity index (χ1v) is 5.91. The van der Waals surface area contributed by atoms with E-state index >= 15 is 0 Å². The number of nitrogens with zero attached hydrogens (tertiary/aromatic N) is 2. The standard InChI is InChI=1S/C11H11BrN2O2/c1-14(2)7-3-4-8-10(5-7)16-11(15)9(6-12)13-8/h3-5H,6H2,1-2H3. The second kappa shape index (κ2) is 4.25. The lowest BCUT2D eigenvalue weighted by atomic mass is 10.2. The zero-order valence-electron chi connectivity index (χ0n) is 9.03. The third-order valence-corrected chi connectivity index (χ3v) is 2.81. The van der Waals surface area contributed by atoms with Crippen molar-refractivity contribution >= 4 is 32.7 Å². The predicted octanol–water partition coefficient (Wildman–Crippen LogP) is 2.15. The van der Waals surface area contributed by atoms with Crippen LogP contribution in [-0.4, -0.2) is 19.1 Å². The molecular weight excluding hydrogens is 272 g/mol. The van der Waals surface area contributed by atoms with E-state index in [0.29, 0.717) is 22.1 Å². The van der Waals surface area contributed by atoms with Gasteiger partial charge in [-0.3, -0.25) is 0 Å².